The maximum Gasteiger partial charge on any atom is 0.254 e. The molecule has 1 saturated heterocycles. The van der Waals surface area contributed by atoms with E-state index in [0.717, 1.165) is 25.8 Å². The summed E-state index contributed by atoms with van der Waals surface area (Å²) in [6, 6.07) is 15.6. The lowest BCUT2D eigenvalue weighted by atomic mass is 9.74. The summed E-state index contributed by atoms with van der Waals surface area (Å²) in [5.74, 6) is 0.763. The van der Waals surface area contributed by atoms with Gasteiger partial charge in [-0.05, 0) is 61.1 Å². The summed E-state index contributed by atoms with van der Waals surface area (Å²) < 4.78 is 0. The molecule has 3 heteroatoms. The predicted molar refractivity (Wildman–Crippen MR) is 89.7 cm³/mol. The van der Waals surface area contributed by atoms with Crippen molar-refractivity contribution < 1.29 is 9.90 Å². The number of likely N-dealkylation sites (tertiary alicyclic amines) is 1. The maximum atomic E-state index is 12.9. The number of amides is 1. The van der Waals surface area contributed by atoms with Crippen molar-refractivity contribution in [2.45, 2.75) is 37.6 Å². The number of benzene rings is 2. The Morgan fingerprint density at radius 1 is 1.04 bits per heavy atom. The number of phenols is 1. The highest BCUT2D eigenvalue weighted by molar-refractivity contribution is 5.94. The second-order valence-electron chi connectivity index (χ2n) is 6.60. The van der Waals surface area contributed by atoms with Crippen LogP contribution in [0.15, 0.2) is 48.5 Å². The van der Waals surface area contributed by atoms with Crippen LogP contribution in [0.1, 0.15) is 46.7 Å². The van der Waals surface area contributed by atoms with Crippen molar-refractivity contribution in [3.05, 3.63) is 65.2 Å². The summed E-state index contributed by atoms with van der Waals surface area (Å²) in [4.78, 5) is 15.0. The molecule has 1 aliphatic carbocycles. The Kier molecular flexibility index (Phi) is 3.56. The van der Waals surface area contributed by atoms with Gasteiger partial charge in [-0.15, -0.1) is 0 Å². The standard InChI is InChI=1S/C20H21NO2/c22-16-10-7-15(8-11-16)20(23)21-13-3-6-18-17-5-2-1-4-14(17)9-12-19(18)21/h1-2,4-5,7-8,10-11,18-19,22H,3,6,9,12-13H2/t18-,19?/m1/s1. The van der Waals surface area contributed by atoms with Crippen molar-refractivity contribution >= 4 is 5.91 Å². The second-order valence-corrected chi connectivity index (χ2v) is 6.60. The van der Waals surface area contributed by atoms with Gasteiger partial charge >= 0.3 is 0 Å². The van der Waals surface area contributed by atoms with Crippen LogP contribution in [-0.4, -0.2) is 28.5 Å². The molecule has 1 unspecified atom stereocenters. The highest BCUT2D eigenvalue weighted by Crippen LogP contribution is 2.41. The molecule has 3 nitrogen and oxygen atoms in total. The van der Waals surface area contributed by atoms with Crippen molar-refractivity contribution in [1.29, 1.82) is 0 Å². The molecular formula is C20H21NO2. The number of aryl methyl sites for hydroxylation is 1. The quantitative estimate of drug-likeness (QED) is 0.872. The number of phenolic OH excluding ortho intramolecular Hbond substituents is 1. The lowest BCUT2D eigenvalue weighted by Crippen LogP contribution is -2.49. The van der Waals surface area contributed by atoms with Gasteiger partial charge in [0.1, 0.15) is 5.75 Å². The van der Waals surface area contributed by atoms with E-state index in [1.165, 1.54) is 17.5 Å². The Labute approximate surface area is 136 Å². The Morgan fingerprint density at radius 3 is 2.65 bits per heavy atom. The minimum absolute atomic E-state index is 0.0964. The van der Waals surface area contributed by atoms with E-state index in [2.05, 4.69) is 29.2 Å². The molecule has 1 fully saturated rings. The molecular weight excluding hydrogens is 286 g/mol. The Morgan fingerprint density at radius 2 is 1.83 bits per heavy atom. The molecule has 0 bridgehead atoms. The van der Waals surface area contributed by atoms with Crippen LogP contribution in [0.5, 0.6) is 5.75 Å². The van der Waals surface area contributed by atoms with E-state index in [0.29, 0.717) is 17.5 Å². The van der Waals surface area contributed by atoms with E-state index in [1.807, 2.05) is 0 Å². The zero-order valence-corrected chi connectivity index (χ0v) is 13.1. The SMILES string of the molecule is O=C(c1ccc(O)cc1)N1CCC[C@@H]2c3ccccc3CCC21. The van der Waals surface area contributed by atoms with Gasteiger partial charge in [0.2, 0.25) is 0 Å². The van der Waals surface area contributed by atoms with Crippen LogP contribution in [0.25, 0.3) is 0 Å². The van der Waals surface area contributed by atoms with Gasteiger partial charge in [-0.2, -0.15) is 0 Å². The van der Waals surface area contributed by atoms with E-state index in [9.17, 15) is 9.90 Å². The van der Waals surface area contributed by atoms with Crippen LogP contribution in [0.4, 0.5) is 0 Å². The van der Waals surface area contributed by atoms with Crippen LogP contribution in [-0.2, 0) is 6.42 Å². The molecule has 118 valence electrons. The van der Waals surface area contributed by atoms with Crippen LogP contribution >= 0.6 is 0 Å². The van der Waals surface area contributed by atoms with Crippen molar-refractivity contribution in [1.82, 2.24) is 4.90 Å². The maximum absolute atomic E-state index is 12.9. The Bertz CT molecular complexity index is 723. The Balaban J connectivity index is 1.63. The fourth-order valence-corrected chi connectivity index (χ4v) is 4.23. The number of carbonyl (C=O) groups excluding carboxylic acids is 1. The molecule has 2 aromatic rings. The first kappa shape index (κ1) is 14.3. The van der Waals surface area contributed by atoms with Gasteiger partial charge in [0.25, 0.3) is 5.91 Å². The van der Waals surface area contributed by atoms with Crippen molar-refractivity contribution in [2.24, 2.45) is 0 Å². The summed E-state index contributed by atoms with van der Waals surface area (Å²) in [6.07, 6.45) is 4.32. The van der Waals surface area contributed by atoms with Crippen LogP contribution < -0.4 is 0 Å². The molecule has 2 atom stereocenters. The van der Waals surface area contributed by atoms with Crippen LogP contribution in [0.2, 0.25) is 0 Å². The average Bonchev–Trinajstić information content (AvgIpc) is 2.61. The van der Waals surface area contributed by atoms with E-state index in [-0.39, 0.29) is 11.7 Å². The third kappa shape index (κ3) is 2.50. The third-order valence-corrected chi connectivity index (χ3v) is 5.32. The summed E-state index contributed by atoms with van der Waals surface area (Å²) in [5, 5.41) is 9.42. The second kappa shape index (κ2) is 5.73. The van der Waals surface area contributed by atoms with Gasteiger partial charge in [0.05, 0.1) is 0 Å². The number of aromatic hydroxyl groups is 1. The fraction of sp³-hybridized carbons (Fsp3) is 0.350. The Hall–Kier alpha value is -2.29. The zero-order valence-electron chi connectivity index (χ0n) is 13.1. The lowest BCUT2D eigenvalue weighted by Gasteiger charge is -2.45. The first-order chi connectivity index (χ1) is 11.2. The molecule has 2 aromatic carbocycles. The molecule has 0 radical (unpaired) electrons. The molecule has 1 aliphatic heterocycles. The van der Waals surface area contributed by atoms with E-state index in [1.54, 1.807) is 24.3 Å². The summed E-state index contributed by atoms with van der Waals surface area (Å²) in [6.45, 7) is 0.836. The predicted octanol–water partition coefficient (Wildman–Crippen LogP) is 3.73. The summed E-state index contributed by atoms with van der Waals surface area (Å²) in [7, 11) is 0. The highest BCUT2D eigenvalue weighted by Gasteiger charge is 2.38. The molecule has 0 spiro atoms. The fourth-order valence-electron chi connectivity index (χ4n) is 4.23. The normalized spacial score (nSPS) is 23.0. The molecule has 1 N–H and O–H groups in total. The average molecular weight is 307 g/mol. The molecule has 4 rings (SSSR count). The summed E-state index contributed by atoms with van der Waals surface area (Å²) >= 11 is 0. The van der Waals surface area contributed by atoms with Gasteiger partial charge in [-0.25, -0.2) is 0 Å². The zero-order chi connectivity index (χ0) is 15.8. The number of nitrogens with zero attached hydrogens (tertiary/aromatic N) is 1. The molecule has 0 saturated carbocycles. The van der Waals surface area contributed by atoms with E-state index < -0.39 is 0 Å². The topological polar surface area (TPSA) is 40.5 Å². The van der Waals surface area contributed by atoms with Crippen molar-refractivity contribution in [2.75, 3.05) is 6.54 Å². The molecule has 23 heavy (non-hydrogen) atoms. The number of hydrogen-bond acceptors (Lipinski definition) is 2. The molecule has 1 heterocycles. The van der Waals surface area contributed by atoms with E-state index >= 15 is 0 Å². The number of fused-ring (bicyclic) bond motifs is 3. The first-order valence-electron chi connectivity index (χ1n) is 8.42. The number of carbonyl (C=O) groups is 1. The smallest absolute Gasteiger partial charge is 0.254 e. The van der Waals surface area contributed by atoms with Crippen LogP contribution in [0, 0.1) is 0 Å². The largest absolute Gasteiger partial charge is 0.508 e. The van der Waals surface area contributed by atoms with E-state index in [4.69, 9.17) is 0 Å². The van der Waals surface area contributed by atoms with Gasteiger partial charge < -0.3 is 10.0 Å². The van der Waals surface area contributed by atoms with Gasteiger partial charge in [-0.3, -0.25) is 4.79 Å². The number of piperidine rings is 1. The minimum atomic E-state index is 0.0964. The van der Waals surface area contributed by atoms with Gasteiger partial charge in [0.15, 0.2) is 0 Å². The number of rotatable bonds is 1. The van der Waals surface area contributed by atoms with Crippen LogP contribution in [0.3, 0.4) is 0 Å². The minimum Gasteiger partial charge on any atom is -0.508 e. The first-order valence-corrected chi connectivity index (χ1v) is 8.42. The highest BCUT2D eigenvalue weighted by atomic mass is 16.3. The lowest BCUT2D eigenvalue weighted by molar-refractivity contribution is 0.0547. The molecule has 0 aromatic heterocycles. The molecule has 1 amide bonds. The third-order valence-electron chi connectivity index (χ3n) is 5.32. The molecule has 2 aliphatic rings. The van der Waals surface area contributed by atoms with Crippen molar-refractivity contribution in [3.8, 4) is 5.75 Å². The summed E-state index contributed by atoms with van der Waals surface area (Å²) in [5.41, 5.74) is 3.56. The number of hydrogen-bond donors (Lipinski definition) is 1. The van der Waals surface area contributed by atoms with Gasteiger partial charge in [-0.1, -0.05) is 24.3 Å². The van der Waals surface area contributed by atoms with Crippen molar-refractivity contribution in [3.63, 3.8) is 0 Å². The monoisotopic (exact) mass is 307 g/mol. The van der Waals surface area contributed by atoms with Gasteiger partial charge in [0, 0.05) is 24.1 Å².